The third-order valence-electron chi connectivity index (χ3n) is 9.95. The largest absolute Gasteiger partial charge is 0.394 e. The fraction of sp³-hybridized carbons (Fsp3) is 0.844. The summed E-state index contributed by atoms with van der Waals surface area (Å²) >= 11 is 0. The van der Waals surface area contributed by atoms with Gasteiger partial charge in [-0.25, -0.2) is 0 Å². The highest BCUT2D eigenvalue weighted by atomic mass is 16.3. The van der Waals surface area contributed by atoms with E-state index in [9.17, 15) is 20.1 Å². The smallest absolute Gasteiger partial charge is 0.249 e. The molecule has 0 rings (SSSR count). The summed E-state index contributed by atoms with van der Waals surface area (Å²) in [7, 11) is 0. The van der Waals surface area contributed by atoms with E-state index in [-0.39, 0.29) is 6.61 Å². The Kier molecular flexibility index (Phi) is 39.2. The number of rotatable bonds is 39. The SMILES string of the molecule is CCCCCCCCC/C=C/CC/C=C/C(O)C(CO)NC(=O)C(O)CCCCCCCCC/C=C\CCCCCCCCCCCCCC. The van der Waals surface area contributed by atoms with E-state index in [4.69, 9.17) is 0 Å². The lowest BCUT2D eigenvalue weighted by molar-refractivity contribution is -0.131. The molecule has 5 heteroatoms. The predicted octanol–water partition coefficient (Wildman–Crippen LogP) is 12.4. The van der Waals surface area contributed by atoms with Gasteiger partial charge in [-0.3, -0.25) is 4.79 Å². The Morgan fingerprint density at radius 1 is 0.480 bits per heavy atom. The number of allylic oxidation sites excluding steroid dienone is 5. The first-order valence-corrected chi connectivity index (χ1v) is 21.8. The van der Waals surface area contributed by atoms with Crippen LogP contribution in [0.15, 0.2) is 36.5 Å². The van der Waals surface area contributed by atoms with Gasteiger partial charge in [-0.05, 0) is 57.8 Å². The van der Waals surface area contributed by atoms with Gasteiger partial charge in [0.1, 0.15) is 6.10 Å². The molecule has 0 aromatic rings. The first-order chi connectivity index (χ1) is 24.6. The second-order valence-electron chi connectivity index (χ2n) is 14.9. The van der Waals surface area contributed by atoms with E-state index in [2.05, 4.69) is 43.5 Å². The Morgan fingerprint density at radius 2 is 0.820 bits per heavy atom. The van der Waals surface area contributed by atoms with Crippen LogP contribution in [0.2, 0.25) is 0 Å². The first kappa shape index (κ1) is 48.6. The molecule has 0 aliphatic rings. The van der Waals surface area contributed by atoms with Crippen LogP contribution in [0.1, 0.15) is 219 Å². The second-order valence-corrected chi connectivity index (χ2v) is 14.9. The number of hydrogen-bond donors (Lipinski definition) is 4. The number of nitrogens with one attached hydrogen (secondary N) is 1. The first-order valence-electron chi connectivity index (χ1n) is 21.8. The zero-order chi connectivity index (χ0) is 36.6. The molecule has 0 aliphatic heterocycles. The minimum Gasteiger partial charge on any atom is -0.394 e. The van der Waals surface area contributed by atoms with Crippen LogP contribution in [0.25, 0.3) is 0 Å². The van der Waals surface area contributed by atoms with E-state index in [1.54, 1.807) is 6.08 Å². The molecule has 0 aromatic heterocycles. The van der Waals surface area contributed by atoms with Crippen LogP contribution in [0.3, 0.4) is 0 Å². The molecule has 0 fully saturated rings. The van der Waals surface area contributed by atoms with E-state index in [0.717, 1.165) is 38.5 Å². The molecule has 0 heterocycles. The molecule has 1 amide bonds. The lowest BCUT2D eigenvalue weighted by Gasteiger charge is -2.21. The molecule has 0 saturated carbocycles. The van der Waals surface area contributed by atoms with Gasteiger partial charge in [-0.15, -0.1) is 0 Å². The van der Waals surface area contributed by atoms with E-state index >= 15 is 0 Å². The Morgan fingerprint density at radius 3 is 1.22 bits per heavy atom. The van der Waals surface area contributed by atoms with Crippen molar-refractivity contribution < 1.29 is 20.1 Å². The number of unbranched alkanes of at least 4 members (excludes halogenated alkanes) is 27. The average Bonchev–Trinajstić information content (AvgIpc) is 3.12. The van der Waals surface area contributed by atoms with E-state index < -0.39 is 24.2 Å². The van der Waals surface area contributed by atoms with Crippen LogP contribution in [0, 0.1) is 0 Å². The van der Waals surface area contributed by atoms with Crippen LogP contribution in [0.4, 0.5) is 0 Å². The highest BCUT2D eigenvalue weighted by Crippen LogP contribution is 2.14. The minimum atomic E-state index is -1.11. The van der Waals surface area contributed by atoms with Gasteiger partial charge in [0.2, 0.25) is 5.91 Å². The maximum Gasteiger partial charge on any atom is 0.249 e. The van der Waals surface area contributed by atoms with Crippen molar-refractivity contribution in [2.24, 2.45) is 0 Å². The maximum atomic E-state index is 12.4. The summed E-state index contributed by atoms with van der Waals surface area (Å²) in [5.41, 5.74) is 0. The molecular formula is C45H85NO4. The molecule has 3 atom stereocenters. The number of hydrogen-bond acceptors (Lipinski definition) is 4. The Hall–Kier alpha value is -1.43. The van der Waals surface area contributed by atoms with Crippen LogP contribution < -0.4 is 5.32 Å². The van der Waals surface area contributed by atoms with E-state index in [1.807, 2.05) is 6.08 Å². The van der Waals surface area contributed by atoms with Crippen molar-refractivity contribution >= 4 is 5.91 Å². The van der Waals surface area contributed by atoms with Gasteiger partial charge in [0.25, 0.3) is 0 Å². The fourth-order valence-corrected chi connectivity index (χ4v) is 6.49. The molecule has 0 spiro atoms. The van der Waals surface area contributed by atoms with Crippen molar-refractivity contribution in [1.82, 2.24) is 5.32 Å². The molecule has 50 heavy (non-hydrogen) atoms. The maximum absolute atomic E-state index is 12.4. The van der Waals surface area contributed by atoms with Crippen molar-refractivity contribution in [3.8, 4) is 0 Å². The summed E-state index contributed by atoms with van der Waals surface area (Å²) in [6.07, 6.45) is 50.4. The summed E-state index contributed by atoms with van der Waals surface area (Å²) in [6, 6.07) is -0.814. The van der Waals surface area contributed by atoms with Gasteiger partial charge >= 0.3 is 0 Å². The summed E-state index contributed by atoms with van der Waals surface area (Å²) in [4.78, 5) is 12.4. The third-order valence-corrected chi connectivity index (χ3v) is 9.95. The minimum absolute atomic E-state index is 0.377. The van der Waals surface area contributed by atoms with Crippen molar-refractivity contribution in [1.29, 1.82) is 0 Å². The quantitative estimate of drug-likeness (QED) is 0.0379. The number of aliphatic hydroxyl groups is 3. The molecule has 3 unspecified atom stereocenters. The van der Waals surface area contributed by atoms with E-state index in [0.29, 0.717) is 6.42 Å². The molecule has 0 aliphatic carbocycles. The van der Waals surface area contributed by atoms with Gasteiger partial charge < -0.3 is 20.6 Å². The van der Waals surface area contributed by atoms with Gasteiger partial charge in [-0.2, -0.15) is 0 Å². The van der Waals surface area contributed by atoms with Crippen molar-refractivity contribution in [3.05, 3.63) is 36.5 Å². The number of amides is 1. The van der Waals surface area contributed by atoms with Crippen LogP contribution in [-0.4, -0.2) is 46.1 Å². The van der Waals surface area contributed by atoms with Crippen LogP contribution in [0.5, 0.6) is 0 Å². The number of aliphatic hydroxyl groups excluding tert-OH is 3. The van der Waals surface area contributed by atoms with Crippen molar-refractivity contribution in [2.75, 3.05) is 6.61 Å². The van der Waals surface area contributed by atoms with E-state index in [1.165, 1.54) is 161 Å². The Labute approximate surface area is 311 Å². The molecule has 0 bridgehead atoms. The van der Waals surface area contributed by atoms with Crippen molar-refractivity contribution in [2.45, 2.75) is 238 Å². The molecule has 0 aromatic carbocycles. The molecule has 5 nitrogen and oxygen atoms in total. The fourth-order valence-electron chi connectivity index (χ4n) is 6.49. The Bertz CT molecular complexity index is 779. The highest BCUT2D eigenvalue weighted by Gasteiger charge is 2.22. The lowest BCUT2D eigenvalue weighted by Crippen LogP contribution is -2.48. The lowest BCUT2D eigenvalue weighted by atomic mass is 10.0. The predicted molar refractivity (Wildman–Crippen MR) is 218 cm³/mol. The molecule has 294 valence electrons. The monoisotopic (exact) mass is 704 g/mol. The molecular weight excluding hydrogens is 618 g/mol. The standard InChI is InChI=1S/C45H85NO4/c1-3-5-7-9-11-13-15-17-18-19-20-21-22-23-24-25-26-28-30-32-34-36-38-40-44(49)45(50)46-42(41-47)43(48)39-37-35-33-31-29-27-16-14-12-10-8-6-4-2/h23-24,29,31,37,39,42-44,47-49H,3-22,25-28,30,32-36,38,40-41H2,1-2H3,(H,46,50)/b24-23-,31-29+,39-37+. The molecule has 4 N–H and O–H groups in total. The van der Waals surface area contributed by atoms with Gasteiger partial charge in [0.15, 0.2) is 0 Å². The van der Waals surface area contributed by atoms with Crippen LogP contribution in [-0.2, 0) is 4.79 Å². The Balaban J connectivity index is 3.67. The summed E-state index contributed by atoms with van der Waals surface area (Å²) in [6.45, 7) is 4.16. The average molecular weight is 704 g/mol. The molecule has 0 radical (unpaired) electrons. The topological polar surface area (TPSA) is 89.8 Å². The number of carbonyl (C=O) groups is 1. The number of carbonyl (C=O) groups excluding carboxylic acids is 1. The summed E-state index contributed by atoms with van der Waals surface area (Å²) in [5.74, 6) is -0.517. The van der Waals surface area contributed by atoms with Gasteiger partial charge in [-0.1, -0.05) is 198 Å². The summed E-state index contributed by atoms with van der Waals surface area (Å²) in [5, 5.41) is 33.0. The normalized spacial score (nSPS) is 13.9. The second kappa shape index (κ2) is 40.3. The third kappa shape index (κ3) is 35.0. The zero-order valence-corrected chi connectivity index (χ0v) is 33.3. The van der Waals surface area contributed by atoms with Crippen LogP contribution >= 0.6 is 0 Å². The highest BCUT2D eigenvalue weighted by molar-refractivity contribution is 5.80. The summed E-state index contributed by atoms with van der Waals surface area (Å²) < 4.78 is 0. The van der Waals surface area contributed by atoms with Gasteiger partial charge in [0.05, 0.1) is 18.8 Å². The molecule has 0 saturated heterocycles. The van der Waals surface area contributed by atoms with Gasteiger partial charge in [0, 0.05) is 0 Å². The van der Waals surface area contributed by atoms with Crippen molar-refractivity contribution in [3.63, 3.8) is 0 Å². The zero-order valence-electron chi connectivity index (χ0n) is 33.3.